The molecule has 0 atom stereocenters. The molecule has 0 spiro atoms. The van der Waals surface area contributed by atoms with Gasteiger partial charge in [-0.25, -0.2) is 0 Å². The molecule has 1 saturated carbocycles. The summed E-state index contributed by atoms with van der Waals surface area (Å²) in [6.07, 6.45) is 8.91. The van der Waals surface area contributed by atoms with Crippen LogP contribution < -0.4 is 5.32 Å². The predicted octanol–water partition coefficient (Wildman–Crippen LogP) is 5.49. The highest BCUT2D eigenvalue weighted by Crippen LogP contribution is 2.40. The van der Waals surface area contributed by atoms with Gasteiger partial charge in [0.05, 0.1) is 0 Å². The van der Waals surface area contributed by atoms with Crippen molar-refractivity contribution < 1.29 is 0 Å². The van der Waals surface area contributed by atoms with Gasteiger partial charge in [-0.15, -0.1) is 11.8 Å². The molecule has 0 radical (unpaired) electrons. The van der Waals surface area contributed by atoms with Crippen LogP contribution in [-0.2, 0) is 6.54 Å². The molecule has 1 aromatic rings. The highest BCUT2D eigenvalue weighted by Gasteiger charge is 2.31. The lowest BCUT2D eigenvalue weighted by molar-refractivity contribution is 0.137. The number of hydrogen-bond acceptors (Lipinski definition) is 2. The first kappa shape index (κ1) is 16.9. The molecule has 1 nitrogen and oxygen atoms in total. The molecular formula is C19H31NS. The predicted molar refractivity (Wildman–Crippen MR) is 94.9 cm³/mol. The SMILES string of the molecule is CCC(C)(C)C1CCC(NCc2ccc(SC)cc2)CC1. The van der Waals surface area contributed by atoms with Crippen LogP contribution >= 0.6 is 11.8 Å². The van der Waals surface area contributed by atoms with Crippen LogP contribution in [0.15, 0.2) is 29.2 Å². The Balaban J connectivity index is 1.76. The van der Waals surface area contributed by atoms with E-state index in [9.17, 15) is 0 Å². The second-order valence-electron chi connectivity index (χ2n) is 7.12. The quantitative estimate of drug-likeness (QED) is 0.697. The van der Waals surface area contributed by atoms with Gasteiger partial charge in [0.1, 0.15) is 0 Å². The van der Waals surface area contributed by atoms with Gasteiger partial charge < -0.3 is 5.32 Å². The van der Waals surface area contributed by atoms with E-state index in [1.165, 1.54) is 42.6 Å². The zero-order valence-electron chi connectivity index (χ0n) is 14.1. The van der Waals surface area contributed by atoms with Gasteiger partial charge in [-0.1, -0.05) is 39.3 Å². The van der Waals surface area contributed by atoms with E-state index in [-0.39, 0.29) is 0 Å². The molecule has 118 valence electrons. The molecule has 1 fully saturated rings. The summed E-state index contributed by atoms with van der Waals surface area (Å²) in [5.74, 6) is 0.918. The maximum Gasteiger partial charge on any atom is 0.0208 e. The Labute approximate surface area is 135 Å². The second-order valence-corrected chi connectivity index (χ2v) is 8.00. The molecule has 1 aliphatic carbocycles. The Morgan fingerprint density at radius 2 is 1.71 bits per heavy atom. The van der Waals surface area contributed by atoms with Crippen molar-refractivity contribution in [3.63, 3.8) is 0 Å². The van der Waals surface area contributed by atoms with Crippen LogP contribution in [0.2, 0.25) is 0 Å². The summed E-state index contributed by atoms with van der Waals surface area (Å²) in [5, 5.41) is 3.76. The fourth-order valence-electron chi connectivity index (χ4n) is 3.37. The Morgan fingerprint density at radius 3 is 2.24 bits per heavy atom. The molecule has 1 aliphatic rings. The van der Waals surface area contributed by atoms with Crippen LogP contribution in [0.3, 0.4) is 0 Å². The average molecular weight is 306 g/mol. The van der Waals surface area contributed by atoms with E-state index in [2.05, 4.69) is 56.6 Å². The molecule has 21 heavy (non-hydrogen) atoms. The fraction of sp³-hybridized carbons (Fsp3) is 0.684. The van der Waals surface area contributed by atoms with E-state index in [0.29, 0.717) is 11.5 Å². The van der Waals surface area contributed by atoms with Gasteiger partial charge in [0, 0.05) is 17.5 Å². The van der Waals surface area contributed by atoms with Gasteiger partial charge in [0.2, 0.25) is 0 Å². The molecule has 1 aromatic carbocycles. The second kappa shape index (κ2) is 7.69. The standard InChI is InChI=1S/C19H31NS/c1-5-19(2,3)16-8-10-17(11-9-16)20-14-15-6-12-18(21-4)13-7-15/h6-7,12-13,16-17,20H,5,8-11,14H2,1-4H3. The van der Waals surface area contributed by atoms with Gasteiger partial charge in [0.25, 0.3) is 0 Å². The topological polar surface area (TPSA) is 12.0 Å². The van der Waals surface area contributed by atoms with Gasteiger partial charge in [0.15, 0.2) is 0 Å². The Morgan fingerprint density at radius 1 is 1.10 bits per heavy atom. The van der Waals surface area contributed by atoms with Gasteiger partial charge in [-0.3, -0.25) is 0 Å². The number of rotatable bonds is 6. The lowest BCUT2D eigenvalue weighted by Crippen LogP contribution is -2.36. The average Bonchev–Trinajstić information content (AvgIpc) is 2.54. The molecule has 0 unspecified atom stereocenters. The number of thioether (sulfide) groups is 1. The third kappa shape index (κ3) is 4.75. The number of benzene rings is 1. The molecule has 1 N–H and O–H groups in total. The zero-order valence-corrected chi connectivity index (χ0v) is 14.9. The molecule has 0 bridgehead atoms. The zero-order chi connectivity index (χ0) is 15.3. The van der Waals surface area contributed by atoms with Crippen molar-refractivity contribution in [3.8, 4) is 0 Å². The molecule has 2 rings (SSSR count). The molecule has 0 heterocycles. The summed E-state index contributed by atoms with van der Waals surface area (Å²) < 4.78 is 0. The molecule has 2 heteroatoms. The van der Waals surface area contributed by atoms with E-state index in [4.69, 9.17) is 0 Å². The molecule has 0 amide bonds. The summed E-state index contributed by atoms with van der Waals surface area (Å²) in [6.45, 7) is 8.24. The van der Waals surface area contributed by atoms with E-state index < -0.39 is 0 Å². The fourth-order valence-corrected chi connectivity index (χ4v) is 3.78. The number of nitrogens with one attached hydrogen (secondary N) is 1. The Hall–Kier alpha value is -0.470. The maximum atomic E-state index is 3.76. The van der Waals surface area contributed by atoms with Crippen molar-refractivity contribution in [3.05, 3.63) is 29.8 Å². The first-order valence-electron chi connectivity index (χ1n) is 8.41. The largest absolute Gasteiger partial charge is 0.310 e. The van der Waals surface area contributed by atoms with E-state index in [1.807, 2.05) is 11.8 Å². The van der Waals surface area contributed by atoms with Crippen molar-refractivity contribution in [1.82, 2.24) is 5.32 Å². The van der Waals surface area contributed by atoms with Crippen LogP contribution in [0, 0.1) is 11.3 Å². The first-order valence-corrected chi connectivity index (χ1v) is 9.64. The lowest BCUT2D eigenvalue weighted by Gasteiger charge is -2.39. The summed E-state index contributed by atoms with van der Waals surface area (Å²) in [7, 11) is 0. The van der Waals surface area contributed by atoms with Crippen molar-refractivity contribution in [2.75, 3.05) is 6.26 Å². The monoisotopic (exact) mass is 305 g/mol. The van der Waals surface area contributed by atoms with E-state index in [1.54, 1.807) is 0 Å². The third-order valence-electron chi connectivity index (χ3n) is 5.50. The van der Waals surface area contributed by atoms with Crippen LogP contribution in [-0.4, -0.2) is 12.3 Å². The molecule has 0 saturated heterocycles. The van der Waals surface area contributed by atoms with Gasteiger partial charge in [-0.05, 0) is 61.0 Å². The maximum absolute atomic E-state index is 3.76. The van der Waals surface area contributed by atoms with Crippen LogP contribution in [0.25, 0.3) is 0 Å². The highest BCUT2D eigenvalue weighted by atomic mass is 32.2. The summed E-state index contributed by atoms with van der Waals surface area (Å²) >= 11 is 1.81. The van der Waals surface area contributed by atoms with Gasteiger partial charge in [-0.2, -0.15) is 0 Å². The normalized spacial score (nSPS) is 23.2. The molecule has 0 aromatic heterocycles. The third-order valence-corrected chi connectivity index (χ3v) is 6.24. The highest BCUT2D eigenvalue weighted by molar-refractivity contribution is 7.98. The first-order chi connectivity index (χ1) is 10.0. The summed E-state index contributed by atoms with van der Waals surface area (Å²) in [5.41, 5.74) is 1.93. The molecular weight excluding hydrogens is 274 g/mol. The minimum atomic E-state index is 0.526. The van der Waals surface area contributed by atoms with Crippen LogP contribution in [0.5, 0.6) is 0 Å². The van der Waals surface area contributed by atoms with Crippen LogP contribution in [0.4, 0.5) is 0 Å². The van der Waals surface area contributed by atoms with Crippen molar-refractivity contribution in [2.45, 2.75) is 70.4 Å². The van der Waals surface area contributed by atoms with Crippen molar-refractivity contribution in [2.24, 2.45) is 11.3 Å². The minimum Gasteiger partial charge on any atom is -0.310 e. The van der Waals surface area contributed by atoms with Crippen molar-refractivity contribution in [1.29, 1.82) is 0 Å². The van der Waals surface area contributed by atoms with E-state index >= 15 is 0 Å². The summed E-state index contributed by atoms with van der Waals surface area (Å²) in [4.78, 5) is 1.35. The smallest absolute Gasteiger partial charge is 0.0208 e. The lowest BCUT2D eigenvalue weighted by atomic mass is 9.69. The molecule has 0 aliphatic heterocycles. The Bertz CT molecular complexity index is 416. The van der Waals surface area contributed by atoms with Gasteiger partial charge >= 0.3 is 0 Å². The summed E-state index contributed by atoms with van der Waals surface area (Å²) in [6, 6.07) is 9.68. The van der Waals surface area contributed by atoms with Crippen LogP contribution in [0.1, 0.15) is 58.4 Å². The Kier molecular flexibility index (Phi) is 6.19. The number of hydrogen-bond donors (Lipinski definition) is 1. The van der Waals surface area contributed by atoms with E-state index in [0.717, 1.165) is 12.5 Å². The minimum absolute atomic E-state index is 0.526. The van der Waals surface area contributed by atoms with Crippen molar-refractivity contribution >= 4 is 11.8 Å².